The largest absolute Gasteiger partial charge is 0.476 e. The quantitative estimate of drug-likeness (QED) is 0.496. The number of hydrogen-bond acceptors (Lipinski definition) is 1. The molecule has 0 aliphatic carbocycles. The molecule has 0 fully saturated rings. The average Bonchev–Trinajstić information content (AvgIpc) is 2.03. The van der Waals surface area contributed by atoms with Gasteiger partial charge in [0.15, 0.2) is 0 Å². The number of carboxylic acid groups (broad SMARTS) is 1. The van der Waals surface area contributed by atoms with E-state index in [0.717, 1.165) is 31.8 Å². The summed E-state index contributed by atoms with van der Waals surface area (Å²) in [5, 5.41) is 8.14. The van der Waals surface area contributed by atoms with Crippen LogP contribution in [-0.2, 0) is 4.79 Å². The fourth-order valence-electron chi connectivity index (χ4n) is 0.887. The maximum absolute atomic E-state index is 12.3. The molecule has 0 aromatic carbocycles. The number of carbonyl (C=O) groups is 1. The van der Waals surface area contributed by atoms with Crippen LogP contribution >= 0.6 is 0 Å². The van der Waals surface area contributed by atoms with Gasteiger partial charge in [0.2, 0.25) is 5.83 Å². The monoisotopic (exact) mass is 174 g/mol. The van der Waals surface area contributed by atoms with Crippen LogP contribution in [-0.4, -0.2) is 11.1 Å². The smallest absolute Gasteiger partial charge is 0.364 e. The van der Waals surface area contributed by atoms with E-state index >= 15 is 0 Å². The summed E-state index contributed by atoms with van der Waals surface area (Å²) in [7, 11) is 0. The summed E-state index contributed by atoms with van der Waals surface area (Å²) < 4.78 is 12.3. The van der Waals surface area contributed by atoms with Crippen molar-refractivity contribution in [3.8, 4) is 0 Å². The molecule has 0 spiro atoms. The molecular weight excluding hydrogens is 159 g/mol. The lowest BCUT2D eigenvalue weighted by Gasteiger charge is -1.94. The van der Waals surface area contributed by atoms with E-state index in [-0.39, 0.29) is 0 Å². The van der Waals surface area contributed by atoms with Crippen LogP contribution in [0.2, 0.25) is 0 Å². The van der Waals surface area contributed by atoms with Crippen molar-refractivity contribution in [2.45, 2.75) is 39.0 Å². The van der Waals surface area contributed by atoms with Gasteiger partial charge in [-0.15, -0.1) is 0 Å². The molecule has 0 atom stereocenters. The highest BCUT2D eigenvalue weighted by Gasteiger charge is 2.02. The van der Waals surface area contributed by atoms with Crippen LogP contribution in [0.5, 0.6) is 0 Å². The van der Waals surface area contributed by atoms with Crippen molar-refractivity contribution in [3.05, 3.63) is 11.9 Å². The molecule has 0 rings (SSSR count). The number of allylic oxidation sites excluding steroid dienone is 1. The van der Waals surface area contributed by atoms with E-state index in [2.05, 4.69) is 6.92 Å². The van der Waals surface area contributed by atoms with Gasteiger partial charge in [-0.25, -0.2) is 4.79 Å². The minimum atomic E-state index is -1.47. The Bertz CT molecular complexity index is 164. The Hall–Kier alpha value is -0.860. The molecule has 0 saturated heterocycles. The number of aliphatic carboxylic acids is 1. The summed E-state index contributed by atoms with van der Waals surface area (Å²) in [6.07, 6.45) is 5.83. The standard InChI is InChI=1S/C9H15FO2/c1-2-3-4-5-6-7-8(10)9(11)12/h7H,2-6H2,1H3,(H,11,12). The van der Waals surface area contributed by atoms with Gasteiger partial charge in [-0.3, -0.25) is 0 Å². The van der Waals surface area contributed by atoms with Gasteiger partial charge in [0.1, 0.15) is 0 Å². The minimum absolute atomic E-state index is 0.526. The Kier molecular flexibility index (Phi) is 6.34. The van der Waals surface area contributed by atoms with Crippen LogP contribution in [0.15, 0.2) is 11.9 Å². The Morgan fingerprint density at radius 2 is 2.08 bits per heavy atom. The summed E-state index contributed by atoms with van der Waals surface area (Å²) >= 11 is 0. The molecule has 12 heavy (non-hydrogen) atoms. The highest BCUT2D eigenvalue weighted by Crippen LogP contribution is 2.06. The fraction of sp³-hybridized carbons (Fsp3) is 0.667. The van der Waals surface area contributed by atoms with Gasteiger partial charge in [0.25, 0.3) is 0 Å². The molecule has 0 unspecified atom stereocenters. The number of rotatable bonds is 6. The zero-order valence-electron chi connectivity index (χ0n) is 7.35. The molecule has 1 N–H and O–H groups in total. The zero-order valence-corrected chi connectivity index (χ0v) is 7.35. The lowest BCUT2D eigenvalue weighted by molar-refractivity contribution is -0.134. The maximum atomic E-state index is 12.3. The average molecular weight is 174 g/mol. The van der Waals surface area contributed by atoms with E-state index < -0.39 is 11.8 Å². The van der Waals surface area contributed by atoms with E-state index in [4.69, 9.17) is 5.11 Å². The highest BCUT2D eigenvalue weighted by atomic mass is 19.1. The van der Waals surface area contributed by atoms with Crippen molar-refractivity contribution in [1.29, 1.82) is 0 Å². The molecule has 0 saturated carbocycles. The molecule has 2 nitrogen and oxygen atoms in total. The Morgan fingerprint density at radius 3 is 2.58 bits per heavy atom. The van der Waals surface area contributed by atoms with Crippen LogP contribution in [0.1, 0.15) is 39.0 Å². The maximum Gasteiger partial charge on any atom is 0.364 e. The predicted octanol–water partition coefficient (Wildman–Crippen LogP) is 2.89. The zero-order chi connectivity index (χ0) is 9.40. The SMILES string of the molecule is CCCCCCC=C(F)C(=O)O. The molecule has 0 bridgehead atoms. The summed E-state index contributed by atoms with van der Waals surface area (Å²) in [5.41, 5.74) is 0. The topological polar surface area (TPSA) is 37.3 Å². The van der Waals surface area contributed by atoms with Crippen molar-refractivity contribution >= 4 is 5.97 Å². The van der Waals surface area contributed by atoms with Crippen LogP contribution in [0.4, 0.5) is 4.39 Å². The van der Waals surface area contributed by atoms with E-state index in [9.17, 15) is 9.18 Å². The van der Waals surface area contributed by atoms with E-state index in [1.165, 1.54) is 0 Å². The molecule has 0 aliphatic rings. The van der Waals surface area contributed by atoms with Crippen molar-refractivity contribution < 1.29 is 14.3 Å². The number of halogens is 1. The second-order valence-corrected chi connectivity index (χ2v) is 2.71. The van der Waals surface area contributed by atoms with Crippen molar-refractivity contribution in [1.82, 2.24) is 0 Å². The van der Waals surface area contributed by atoms with Crippen LogP contribution in [0.25, 0.3) is 0 Å². The summed E-state index contributed by atoms with van der Waals surface area (Å²) in [6.45, 7) is 2.09. The Morgan fingerprint density at radius 1 is 1.42 bits per heavy atom. The third-order valence-corrected chi connectivity index (χ3v) is 1.59. The van der Waals surface area contributed by atoms with E-state index in [1.54, 1.807) is 0 Å². The van der Waals surface area contributed by atoms with Gasteiger partial charge in [0, 0.05) is 0 Å². The molecule has 0 amide bonds. The lowest BCUT2D eigenvalue weighted by Crippen LogP contribution is -1.94. The normalized spacial score (nSPS) is 11.7. The molecule has 3 heteroatoms. The number of unbranched alkanes of at least 4 members (excludes halogenated alkanes) is 4. The first-order valence-electron chi connectivity index (χ1n) is 4.27. The van der Waals surface area contributed by atoms with Crippen LogP contribution in [0.3, 0.4) is 0 Å². The Labute approximate surface area is 72.1 Å². The van der Waals surface area contributed by atoms with Crippen LogP contribution in [0, 0.1) is 0 Å². The van der Waals surface area contributed by atoms with Crippen molar-refractivity contribution in [2.75, 3.05) is 0 Å². The van der Waals surface area contributed by atoms with Gasteiger partial charge < -0.3 is 5.11 Å². The van der Waals surface area contributed by atoms with Gasteiger partial charge in [0.05, 0.1) is 0 Å². The third-order valence-electron chi connectivity index (χ3n) is 1.59. The van der Waals surface area contributed by atoms with Gasteiger partial charge in [-0.1, -0.05) is 26.2 Å². The predicted molar refractivity (Wildman–Crippen MR) is 45.6 cm³/mol. The molecular formula is C9H15FO2. The molecule has 0 aromatic heterocycles. The minimum Gasteiger partial charge on any atom is -0.476 e. The van der Waals surface area contributed by atoms with Crippen molar-refractivity contribution in [2.24, 2.45) is 0 Å². The Balaban J connectivity index is 3.40. The summed E-state index contributed by atoms with van der Waals surface area (Å²) in [5.74, 6) is -2.50. The fourth-order valence-corrected chi connectivity index (χ4v) is 0.887. The highest BCUT2D eigenvalue weighted by molar-refractivity contribution is 5.83. The van der Waals surface area contributed by atoms with Gasteiger partial charge in [-0.05, 0) is 18.9 Å². The molecule has 0 aliphatic heterocycles. The summed E-state index contributed by atoms with van der Waals surface area (Å²) in [4.78, 5) is 9.98. The molecule has 0 aromatic rings. The first-order valence-corrected chi connectivity index (χ1v) is 4.27. The number of hydrogen-bond donors (Lipinski definition) is 1. The molecule has 70 valence electrons. The second kappa shape index (κ2) is 6.83. The molecule has 0 radical (unpaired) electrons. The third kappa shape index (κ3) is 5.89. The first-order chi connectivity index (χ1) is 5.68. The summed E-state index contributed by atoms with van der Waals surface area (Å²) in [6, 6.07) is 0. The molecule has 0 heterocycles. The first kappa shape index (κ1) is 11.1. The van der Waals surface area contributed by atoms with Crippen LogP contribution < -0.4 is 0 Å². The van der Waals surface area contributed by atoms with Gasteiger partial charge in [-0.2, -0.15) is 4.39 Å². The van der Waals surface area contributed by atoms with Gasteiger partial charge >= 0.3 is 5.97 Å². The lowest BCUT2D eigenvalue weighted by atomic mass is 10.1. The van der Waals surface area contributed by atoms with Crippen molar-refractivity contribution in [3.63, 3.8) is 0 Å². The van der Waals surface area contributed by atoms with E-state index in [1.807, 2.05) is 0 Å². The number of carboxylic acids is 1. The van der Waals surface area contributed by atoms with E-state index in [0.29, 0.717) is 6.42 Å². The second-order valence-electron chi connectivity index (χ2n) is 2.71.